The van der Waals surface area contributed by atoms with Crippen LogP contribution in [0.1, 0.15) is 29.3 Å². The van der Waals surface area contributed by atoms with E-state index < -0.39 is 0 Å². The second kappa shape index (κ2) is 4.35. The molecule has 1 atom stereocenters. The summed E-state index contributed by atoms with van der Waals surface area (Å²) in [6.07, 6.45) is 1.05. The number of hydrogen-bond donors (Lipinski definition) is 1. The fourth-order valence-corrected chi connectivity index (χ4v) is 3.33. The molecule has 108 valence electrons. The number of rotatable bonds is 1. The molecule has 0 bridgehead atoms. The van der Waals surface area contributed by atoms with Gasteiger partial charge in [0.2, 0.25) is 0 Å². The average Bonchev–Trinajstić information content (AvgIpc) is 2.98. The maximum atomic E-state index is 4.82. The molecule has 0 amide bonds. The third-order valence-electron chi connectivity index (χ3n) is 4.29. The van der Waals surface area contributed by atoms with Crippen LogP contribution in [0, 0.1) is 13.8 Å². The minimum absolute atomic E-state index is 0.299. The predicted octanol–water partition coefficient (Wildman–Crippen LogP) is 2.79. The summed E-state index contributed by atoms with van der Waals surface area (Å²) in [5, 5.41) is 13.9. The SMILES string of the molecule is Cc1cccc(C2CCNc3c4c(C)nn(C)c4nn32)c1. The number of benzene rings is 1. The Kier molecular flexibility index (Phi) is 2.58. The standard InChI is InChI=1S/C16H19N5/c1-10-5-4-6-12(9-10)13-7-8-17-15-14-11(2)18-20(3)16(14)19-21(13)15/h4-6,9,13,17H,7-8H2,1-3H3. The second-order valence-electron chi connectivity index (χ2n) is 5.85. The van der Waals surface area contributed by atoms with Crippen molar-refractivity contribution in [1.82, 2.24) is 19.6 Å². The maximum Gasteiger partial charge on any atom is 0.182 e. The van der Waals surface area contributed by atoms with E-state index in [0.717, 1.165) is 35.5 Å². The molecular formula is C16H19N5. The van der Waals surface area contributed by atoms with Crippen LogP contribution in [0.2, 0.25) is 0 Å². The van der Waals surface area contributed by atoms with Crippen molar-refractivity contribution in [2.24, 2.45) is 7.05 Å². The van der Waals surface area contributed by atoms with Crippen LogP contribution in [0.15, 0.2) is 24.3 Å². The van der Waals surface area contributed by atoms with Crippen molar-refractivity contribution in [2.75, 3.05) is 11.9 Å². The summed E-state index contributed by atoms with van der Waals surface area (Å²) in [7, 11) is 1.95. The predicted molar refractivity (Wildman–Crippen MR) is 83.7 cm³/mol. The molecule has 1 aliphatic rings. The molecule has 4 rings (SSSR count). The van der Waals surface area contributed by atoms with Crippen molar-refractivity contribution in [1.29, 1.82) is 0 Å². The highest BCUT2D eigenvalue weighted by Gasteiger charge is 2.27. The number of fused-ring (bicyclic) bond motifs is 3. The topological polar surface area (TPSA) is 47.7 Å². The lowest BCUT2D eigenvalue weighted by atomic mass is 10.0. The van der Waals surface area contributed by atoms with Gasteiger partial charge in [-0.15, -0.1) is 0 Å². The van der Waals surface area contributed by atoms with E-state index in [9.17, 15) is 0 Å². The molecule has 0 fully saturated rings. The molecular weight excluding hydrogens is 262 g/mol. The summed E-state index contributed by atoms with van der Waals surface area (Å²) in [5.41, 5.74) is 4.61. The summed E-state index contributed by atoms with van der Waals surface area (Å²) >= 11 is 0. The van der Waals surface area contributed by atoms with Gasteiger partial charge in [-0.05, 0) is 25.8 Å². The van der Waals surface area contributed by atoms with E-state index in [2.05, 4.69) is 46.3 Å². The minimum atomic E-state index is 0.299. The van der Waals surface area contributed by atoms with Gasteiger partial charge < -0.3 is 5.32 Å². The lowest BCUT2D eigenvalue weighted by Gasteiger charge is -2.26. The van der Waals surface area contributed by atoms with Crippen molar-refractivity contribution in [3.63, 3.8) is 0 Å². The van der Waals surface area contributed by atoms with Gasteiger partial charge in [-0.2, -0.15) is 10.2 Å². The molecule has 0 saturated heterocycles. The van der Waals surface area contributed by atoms with E-state index in [4.69, 9.17) is 5.10 Å². The van der Waals surface area contributed by atoms with E-state index >= 15 is 0 Å². The highest BCUT2D eigenvalue weighted by molar-refractivity contribution is 5.90. The van der Waals surface area contributed by atoms with E-state index in [1.54, 1.807) is 0 Å². The van der Waals surface area contributed by atoms with Crippen molar-refractivity contribution in [2.45, 2.75) is 26.3 Å². The molecule has 5 nitrogen and oxygen atoms in total. The molecule has 0 radical (unpaired) electrons. The molecule has 1 N–H and O–H groups in total. The quantitative estimate of drug-likeness (QED) is 0.746. The Bertz CT molecular complexity index is 827. The van der Waals surface area contributed by atoms with Gasteiger partial charge in [-0.25, -0.2) is 9.36 Å². The van der Waals surface area contributed by atoms with Crippen molar-refractivity contribution in [3.8, 4) is 0 Å². The molecule has 21 heavy (non-hydrogen) atoms. The fourth-order valence-electron chi connectivity index (χ4n) is 3.33. The first-order chi connectivity index (χ1) is 10.1. The van der Waals surface area contributed by atoms with Gasteiger partial charge in [0.05, 0.1) is 17.1 Å². The van der Waals surface area contributed by atoms with Gasteiger partial charge >= 0.3 is 0 Å². The molecule has 3 heterocycles. The minimum Gasteiger partial charge on any atom is -0.370 e. The number of nitrogens with one attached hydrogen (secondary N) is 1. The molecule has 3 aromatic rings. The van der Waals surface area contributed by atoms with Crippen LogP contribution in [0.25, 0.3) is 11.0 Å². The van der Waals surface area contributed by atoms with Gasteiger partial charge in [0.25, 0.3) is 0 Å². The maximum absolute atomic E-state index is 4.82. The summed E-state index contributed by atoms with van der Waals surface area (Å²) in [4.78, 5) is 0. The van der Waals surface area contributed by atoms with Crippen LogP contribution in [0.5, 0.6) is 0 Å². The van der Waals surface area contributed by atoms with E-state index in [0.29, 0.717) is 6.04 Å². The van der Waals surface area contributed by atoms with Gasteiger partial charge in [-0.1, -0.05) is 29.8 Å². The summed E-state index contributed by atoms with van der Waals surface area (Å²) in [6, 6.07) is 9.02. The monoisotopic (exact) mass is 281 g/mol. The third kappa shape index (κ3) is 1.77. The molecule has 0 saturated carbocycles. The number of nitrogens with zero attached hydrogens (tertiary/aromatic N) is 4. The zero-order valence-electron chi connectivity index (χ0n) is 12.6. The van der Waals surface area contributed by atoms with E-state index in [1.807, 2.05) is 18.7 Å². The van der Waals surface area contributed by atoms with Crippen LogP contribution >= 0.6 is 0 Å². The Morgan fingerprint density at radius 3 is 2.90 bits per heavy atom. The third-order valence-corrected chi connectivity index (χ3v) is 4.29. The number of aromatic nitrogens is 4. The lowest BCUT2D eigenvalue weighted by Crippen LogP contribution is -2.24. The summed E-state index contributed by atoms with van der Waals surface area (Å²) < 4.78 is 4.00. The van der Waals surface area contributed by atoms with Crippen molar-refractivity contribution < 1.29 is 0 Å². The number of anilines is 1. The van der Waals surface area contributed by atoms with Gasteiger partial charge in [0.1, 0.15) is 5.82 Å². The Balaban J connectivity index is 1.92. The molecule has 1 unspecified atom stereocenters. The Labute approximate surface area is 123 Å². The molecule has 0 aliphatic carbocycles. The Morgan fingerprint density at radius 2 is 2.10 bits per heavy atom. The Morgan fingerprint density at radius 1 is 1.24 bits per heavy atom. The first kappa shape index (κ1) is 12.4. The van der Waals surface area contributed by atoms with Crippen LogP contribution in [0.4, 0.5) is 5.82 Å². The Hall–Kier alpha value is -2.30. The largest absolute Gasteiger partial charge is 0.370 e. The average molecular weight is 281 g/mol. The molecule has 1 aliphatic heterocycles. The van der Waals surface area contributed by atoms with Crippen LogP contribution < -0.4 is 5.32 Å². The van der Waals surface area contributed by atoms with Crippen LogP contribution in [-0.4, -0.2) is 26.1 Å². The van der Waals surface area contributed by atoms with Crippen molar-refractivity contribution >= 4 is 16.9 Å². The summed E-state index contributed by atoms with van der Waals surface area (Å²) in [5.74, 6) is 1.10. The highest BCUT2D eigenvalue weighted by atomic mass is 15.4. The first-order valence-electron chi connectivity index (χ1n) is 7.37. The molecule has 0 spiro atoms. The highest BCUT2D eigenvalue weighted by Crippen LogP contribution is 2.35. The zero-order valence-corrected chi connectivity index (χ0v) is 12.6. The van der Waals surface area contributed by atoms with Crippen molar-refractivity contribution in [3.05, 3.63) is 41.1 Å². The van der Waals surface area contributed by atoms with E-state index in [-0.39, 0.29) is 0 Å². The molecule has 5 heteroatoms. The smallest absolute Gasteiger partial charge is 0.182 e. The first-order valence-corrected chi connectivity index (χ1v) is 7.37. The van der Waals surface area contributed by atoms with Crippen LogP contribution in [0.3, 0.4) is 0 Å². The number of hydrogen-bond acceptors (Lipinski definition) is 3. The van der Waals surface area contributed by atoms with Gasteiger partial charge in [0, 0.05) is 13.6 Å². The second-order valence-corrected chi connectivity index (χ2v) is 5.85. The van der Waals surface area contributed by atoms with Gasteiger partial charge in [0.15, 0.2) is 5.65 Å². The van der Waals surface area contributed by atoms with E-state index in [1.165, 1.54) is 11.1 Å². The van der Waals surface area contributed by atoms with Gasteiger partial charge in [-0.3, -0.25) is 0 Å². The zero-order chi connectivity index (χ0) is 14.6. The fraction of sp³-hybridized carbons (Fsp3) is 0.375. The normalized spacial score (nSPS) is 17.8. The lowest BCUT2D eigenvalue weighted by molar-refractivity contribution is 0.482. The summed E-state index contributed by atoms with van der Waals surface area (Å²) in [6.45, 7) is 5.15. The number of aryl methyl sites for hydroxylation is 3. The molecule has 1 aromatic carbocycles. The van der Waals surface area contributed by atoms with Crippen LogP contribution in [-0.2, 0) is 7.05 Å². The molecule has 2 aromatic heterocycles.